The third kappa shape index (κ3) is 3.37. The van der Waals surface area contributed by atoms with Crippen LogP contribution in [0.5, 0.6) is 5.75 Å². The minimum absolute atomic E-state index is 0.0359. The number of carbonyl (C=O) groups is 1. The van der Waals surface area contributed by atoms with E-state index < -0.39 is 5.72 Å². The van der Waals surface area contributed by atoms with Gasteiger partial charge in [-0.1, -0.05) is 6.08 Å². The SMILES string of the molecule is C=CCOC1(N)CC(Oc2ccc(C(=O)OC)cc2)C1. The van der Waals surface area contributed by atoms with E-state index in [1.54, 1.807) is 30.3 Å². The highest BCUT2D eigenvalue weighted by atomic mass is 16.5. The second-order valence-electron chi connectivity index (χ2n) is 4.83. The Bertz CT molecular complexity index is 477. The van der Waals surface area contributed by atoms with Gasteiger partial charge >= 0.3 is 5.97 Å². The summed E-state index contributed by atoms with van der Waals surface area (Å²) in [6.07, 6.45) is 2.99. The molecule has 0 bridgehead atoms. The van der Waals surface area contributed by atoms with Crippen LogP contribution in [-0.2, 0) is 9.47 Å². The molecular weight excluding hydrogens is 258 g/mol. The molecule has 5 heteroatoms. The summed E-state index contributed by atoms with van der Waals surface area (Å²) >= 11 is 0. The molecule has 1 aliphatic rings. The lowest BCUT2D eigenvalue weighted by atomic mass is 9.85. The largest absolute Gasteiger partial charge is 0.490 e. The van der Waals surface area contributed by atoms with Crippen molar-refractivity contribution in [2.24, 2.45) is 5.73 Å². The second kappa shape index (κ2) is 6.07. The highest BCUT2D eigenvalue weighted by molar-refractivity contribution is 5.89. The van der Waals surface area contributed by atoms with Gasteiger partial charge in [-0.15, -0.1) is 6.58 Å². The predicted octanol–water partition coefficient (Wildman–Crippen LogP) is 1.87. The molecule has 1 saturated carbocycles. The first kappa shape index (κ1) is 14.6. The van der Waals surface area contributed by atoms with Crippen molar-refractivity contribution in [1.29, 1.82) is 0 Å². The summed E-state index contributed by atoms with van der Waals surface area (Å²) in [5, 5.41) is 0. The van der Waals surface area contributed by atoms with Gasteiger partial charge in [0.15, 0.2) is 0 Å². The van der Waals surface area contributed by atoms with Crippen LogP contribution in [0.15, 0.2) is 36.9 Å². The number of benzene rings is 1. The van der Waals surface area contributed by atoms with Gasteiger partial charge < -0.3 is 19.9 Å². The Labute approximate surface area is 118 Å². The third-order valence-electron chi connectivity index (χ3n) is 3.21. The van der Waals surface area contributed by atoms with E-state index in [1.807, 2.05) is 0 Å². The third-order valence-corrected chi connectivity index (χ3v) is 3.21. The van der Waals surface area contributed by atoms with E-state index in [4.69, 9.17) is 15.2 Å². The molecule has 0 saturated heterocycles. The zero-order valence-corrected chi connectivity index (χ0v) is 11.5. The van der Waals surface area contributed by atoms with E-state index in [-0.39, 0.29) is 12.1 Å². The second-order valence-corrected chi connectivity index (χ2v) is 4.83. The molecule has 108 valence electrons. The van der Waals surface area contributed by atoms with Gasteiger partial charge in [-0.05, 0) is 24.3 Å². The maximum atomic E-state index is 11.3. The number of hydrogen-bond acceptors (Lipinski definition) is 5. The Morgan fingerprint density at radius 1 is 1.45 bits per heavy atom. The minimum atomic E-state index is -0.606. The average Bonchev–Trinajstić information content (AvgIpc) is 2.43. The Morgan fingerprint density at radius 3 is 2.65 bits per heavy atom. The van der Waals surface area contributed by atoms with Gasteiger partial charge in [0, 0.05) is 12.8 Å². The van der Waals surface area contributed by atoms with Crippen LogP contribution >= 0.6 is 0 Å². The summed E-state index contributed by atoms with van der Waals surface area (Å²) in [4.78, 5) is 11.3. The number of ether oxygens (including phenoxy) is 3. The molecule has 20 heavy (non-hydrogen) atoms. The van der Waals surface area contributed by atoms with Crippen LogP contribution in [-0.4, -0.2) is 31.5 Å². The molecule has 0 radical (unpaired) electrons. The van der Waals surface area contributed by atoms with Crippen molar-refractivity contribution in [3.63, 3.8) is 0 Å². The highest BCUT2D eigenvalue weighted by Crippen LogP contribution is 2.34. The van der Waals surface area contributed by atoms with Crippen LogP contribution in [0.1, 0.15) is 23.2 Å². The summed E-state index contributed by atoms with van der Waals surface area (Å²) in [7, 11) is 1.35. The van der Waals surface area contributed by atoms with Crippen molar-refractivity contribution in [3.05, 3.63) is 42.5 Å². The lowest BCUT2D eigenvalue weighted by molar-refractivity contribution is -0.135. The van der Waals surface area contributed by atoms with Crippen LogP contribution in [0, 0.1) is 0 Å². The van der Waals surface area contributed by atoms with Gasteiger partial charge in [-0.3, -0.25) is 0 Å². The number of nitrogens with two attached hydrogens (primary N) is 1. The molecular formula is C15H19NO4. The molecule has 2 N–H and O–H groups in total. The molecule has 0 aliphatic heterocycles. The van der Waals surface area contributed by atoms with E-state index in [1.165, 1.54) is 7.11 Å². The van der Waals surface area contributed by atoms with Gasteiger partial charge in [0.25, 0.3) is 0 Å². The van der Waals surface area contributed by atoms with Gasteiger partial charge in [-0.25, -0.2) is 4.79 Å². The van der Waals surface area contributed by atoms with Gasteiger partial charge in [0.2, 0.25) is 0 Å². The Hall–Kier alpha value is -1.85. The van der Waals surface area contributed by atoms with Crippen LogP contribution in [0.3, 0.4) is 0 Å². The highest BCUT2D eigenvalue weighted by Gasteiger charge is 2.43. The van der Waals surface area contributed by atoms with Crippen LogP contribution in [0.4, 0.5) is 0 Å². The normalized spacial score (nSPS) is 24.6. The summed E-state index contributed by atoms with van der Waals surface area (Å²) < 4.78 is 15.9. The predicted molar refractivity (Wildman–Crippen MR) is 74.5 cm³/mol. The maximum Gasteiger partial charge on any atom is 0.337 e. The van der Waals surface area contributed by atoms with Crippen molar-refractivity contribution in [3.8, 4) is 5.75 Å². The number of esters is 1. The van der Waals surface area contributed by atoms with Gasteiger partial charge in [0.1, 0.15) is 17.6 Å². The van der Waals surface area contributed by atoms with Crippen molar-refractivity contribution in [1.82, 2.24) is 0 Å². The Morgan fingerprint density at radius 2 is 2.10 bits per heavy atom. The van der Waals surface area contributed by atoms with E-state index in [0.717, 1.165) is 0 Å². The van der Waals surface area contributed by atoms with Crippen molar-refractivity contribution in [2.75, 3.05) is 13.7 Å². The summed E-state index contributed by atoms with van der Waals surface area (Å²) in [6.45, 7) is 4.03. The number of rotatable bonds is 6. The number of methoxy groups -OCH3 is 1. The molecule has 5 nitrogen and oxygen atoms in total. The number of hydrogen-bond donors (Lipinski definition) is 1. The van der Waals surface area contributed by atoms with Gasteiger partial charge in [-0.2, -0.15) is 0 Å². The van der Waals surface area contributed by atoms with E-state index in [2.05, 4.69) is 11.3 Å². The molecule has 0 unspecified atom stereocenters. The fourth-order valence-corrected chi connectivity index (χ4v) is 2.12. The molecule has 0 atom stereocenters. The van der Waals surface area contributed by atoms with Crippen molar-refractivity contribution >= 4 is 5.97 Å². The minimum Gasteiger partial charge on any atom is -0.490 e. The molecule has 0 heterocycles. The summed E-state index contributed by atoms with van der Waals surface area (Å²) in [5.41, 5.74) is 5.89. The topological polar surface area (TPSA) is 70.8 Å². The fourth-order valence-electron chi connectivity index (χ4n) is 2.12. The molecule has 1 aromatic rings. The molecule has 1 aromatic carbocycles. The molecule has 1 aliphatic carbocycles. The van der Waals surface area contributed by atoms with Crippen LogP contribution in [0.25, 0.3) is 0 Å². The van der Waals surface area contributed by atoms with E-state index >= 15 is 0 Å². The molecule has 1 fully saturated rings. The fraction of sp³-hybridized carbons (Fsp3) is 0.400. The summed E-state index contributed by atoms with van der Waals surface area (Å²) in [6, 6.07) is 6.83. The molecule has 0 amide bonds. The molecule has 2 rings (SSSR count). The summed E-state index contributed by atoms with van der Waals surface area (Å²) in [5.74, 6) is 0.340. The molecule has 0 aromatic heterocycles. The van der Waals surface area contributed by atoms with E-state index in [0.29, 0.717) is 30.8 Å². The Balaban J connectivity index is 1.84. The quantitative estimate of drug-likeness (QED) is 0.488. The standard InChI is InChI=1S/C15H19NO4/c1-3-8-19-15(16)9-13(10-15)20-12-6-4-11(5-7-12)14(17)18-2/h3-7,13H,1,8-10,16H2,2H3. The van der Waals surface area contributed by atoms with Gasteiger partial charge in [0.05, 0.1) is 19.3 Å². The zero-order chi connectivity index (χ0) is 14.6. The molecule has 0 spiro atoms. The lowest BCUT2D eigenvalue weighted by Gasteiger charge is -2.43. The first-order chi connectivity index (χ1) is 9.56. The van der Waals surface area contributed by atoms with Crippen LogP contribution < -0.4 is 10.5 Å². The van der Waals surface area contributed by atoms with Crippen molar-refractivity contribution < 1.29 is 19.0 Å². The van der Waals surface area contributed by atoms with E-state index in [9.17, 15) is 4.79 Å². The van der Waals surface area contributed by atoms with Crippen molar-refractivity contribution in [2.45, 2.75) is 24.7 Å². The average molecular weight is 277 g/mol. The van der Waals surface area contributed by atoms with Crippen LogP contribution in [0.2, 0.25) is 0 Å². The number of carbonyl (C=O) groups excluding carboxylic acids is 1. The first-order valence-electron chi connectivity index (χ1n) is 6.45. The maximum absolute atomic E-state index is 11.3. The lowest BCUT2D eigenvalue weighted by Crippen LogP contribution is -2.58. The zero-order valence-electron chi connectivity index (χ0n) is 11.5. The first-order valence-corrected chi connectivity index (χ1v) is 6.45. The monoisotopic (exact) mass is 277 g/mol. The Kier molecular flexibility index (Phi) is 4.42. The smallest absolute Gasteiger partial charge is 0.337 e.